The van der Waals surface area contributed by atoms with E-state index in [1.54, 1.807) is 6.26 Å². The number of hydrogen-bond donors (Lipinski definition) is 1. The van der Waals surface area contributed by atoms with E-state index in [4.69, 9.17) is 5.73 Å². The zero-order valence-corrected chi connectivity index (χ0v) is 12.2. The van der Waals surface area contributed by atoms with Gasteiger partial charge in [0.2, 0.25) is 0 Å². The average Bonchev–Trinajstić information content (AvgIpc) is 2.34. The maximum absolute atomic E-state index is 12.2. The van der Waals surface area contributed by atoms with E-state index in [0.29, 0.717) is 4.90 Å². The Balaban J connectivity index is 3.17. The van der Waals surface area contributed by atoms with Crippen LogP contribution in [-0.4, -0.2) is 33.3 Å². The van der Waals surface area contributed by atoms with Crippen molar-refractivity contribution in [3.8, 4) is 5.75 Å². The first-order chi connectivity index (χ1) is 9.18. The summed E-state index contributed by atoms with van der Waals surface area (Å²) in [5.74, 6) is -0.761. The molecule has 0 amide bonds. The van der Waals surface area contributed by atoms with Crippen molar-refractivity contribution < 1.29 is 26.3 Å². The zero-order chi connectivity index (χ0) is 15.4. The van der Waals surface area contributed by atoms with Crippen molar-refractivity contribution in [2.24, 2.45) is 5.73 Å². The Hall–Kier alpha value is -0.930. The molecule has 0 heterocycles. The number of ether oxygens (including phenoxy) is 1. The third kappa shape index (κ3) is 5.22. The molecule has 0 spiro atoms. The van der Waals surface area contributed by atoms with Crippen LogP contribution in [0.15, 0.2) is 28.0 Å². The first-order valence-corrected chi connectivity index (χ1v) is 8.43. The fourth-order valence-electron chi connectivity index (χ4n) is 1.43. The first kappa shape index (κ1) is 17.1. The van der Waals surface area contributed by atoms with Crippen molar-refractivity contribution >= 4 is 21.6 Å². The van der Waals surface area contributed by atoms with Crippen molar-refractivity contribution in [2.75, 3.05) is 18.6 Å². The van der Waals surface area contributed by atoms with Crippen LogP contribution >= 0.6 is 11.8 Å². The van der Waals surface area contributed by atoms with E-state index in [2.05, 4.69) is 4.74 Å². The van der Waals surface area contributed by atoms with Gasteiger partial charge in [0.05, 0.1) is 10.6 Å². The summed E-state index contributed by atoms with van der Waals surface area (Å²) < 4.78 is 64.4. The van der Waals surface area contributed by atoms with E-state index in [0.717, 1.165) is 23.9 Å². The summed E-state index contributed by atoms with van der Waals surface area (Å²) in [6.45, 7) is 0.188. The van der Waals surface area contributed by atoms with Crippen LogP contribution in [0.1, 0.15) is 6.42 Å². The van der Waals surface area contributed by atoms with Gasteiger partial charge < -0.3 is 10.5 Å². The second-order valence-electron chi connectivity index (χ2n) is 3.85. The van der Waals surface area contributed by atoms with Crippen LogP contribution in [0.25, 0.3) is 0 Å². The quantitative estimate of drug-likeness (QED) is 0.812. The van der Waals surface area contributed by atoms with Gasteiger partial charge in [-0.25, -0.2) is 8.42 Å². The number of alkyl halides is 3. The van der Waals surface area contributed by atoms with E-state index >= 15 is 0 Å². The molecule has 1 rings (SSSR count). The predicted octanol–water partition coefficient (Wildman–Crippen LogP) is 2.43. The summed E-state index contributed by atoms with van der Waals surface area (Å²) in [7, 11) is -3.67. The zero-order valence-electron chi connectivity index (χ0n) is 10.6. The molecule has 2 N–H and O–H groups in total. The highest BCUT2D eigenvalue weighted by Crippen LogP contribution is 2.30. The molecule has 0 bridgehead atoms. The highest BCUT2D eigenvalue weighted by molar-refractivity contribution is 7.98. The van der Waals surface area contributed by atoms with Crippen molar-refractivity contribution in [1.29, 1.82) is 0 Å². The van der Waals surface area contributed by atoms with Crippen LogP contribution < -0.4 is 10.5 Å². The smallest absolute Gasteiger partial charge is 0.406 e. The van der Waals surface area contributed by atoms with Crippen LogP contribution in [0.5, 0.6) is 5.75 Å². The van der Waals surface area contributed by atoms with Crippen LogP contribution in [0.4, 0.5) is 13.2 Å². The fraction of sp³-hybridized carbons (Fsp3) is 0.455. The Morgan fingerprint density at radius 3 is 2.45 bits per heavy atom. The molecule has 114 valence electrons. The minimum atomic E-state index is -4.87. The molecule has 0 saturated heterocycles. The summed E-state index contributed by atoms with van der Waals surface area (Å²) in [6, 6.07) is 3.33. The van der Waals surface area contributed by atoms with E-state index in [-0.39, 0.29) is 23.6 Å². The molecule has 0 atom stereocenters. The Kier molecular flexibility index (Phi) is 5.72. The van der Waals surface area contributed by atoms with Gasteiger partial charge in [-0.3, -0.25) is 0 Å². The molecular weight excluding hydrogens is 315 g/mol. The van der Waals surface area contributed by atoms with Gasteiger partial charge in [0, 0.05) is 4.90 Å². The van der Waals surface area contributed by atoms with Gasteiger partial charge in [0.1, 0.15) is 5.75 Å². The number of halogens is 3. The molecule has 1 aromatic rings. The van der Waals surface area contributed by atoms with Crippen molar-refractivity contribution in [1.82, 2.24) is 0 Å². The monoisotopic (exact) mass is 329 g/mol. The number of sulfone groups is 1. The summed E-state index contributed by atoms with van der Waals surface area (Å²) >= 11 is 1.13. The minimum absolute atomic E-state index is 0.188. The molecule has 0 saturated carbocycles. The van der Waals surface area contributed by atoms with Gasteiger partial charge in [-0.2, -0.15) is 0 Å². The van der Waals surface area contributed by atoms with Crippen molar-refractivity contribution in [2.45, 2.75) is 22.6 Å². The van der Waals surface area contributed by atoms with Crippen molar-refractivity contribution in [3.63, 3.8) is 0 Å². The molecule has 0 unspecified atom stereocenters. The molecule has 0 aromatic heterocycles. The molecule has 0 aliphatic rings. The lowest BCUT2D eigenvalue weighted by atomic mass is 10.3. The highest BCUT2D eigenvalue weighted by atomic mass is 32.2. The van der Waals surface area contributed by atoms with Crippen LogP contribution in [0.3, 0.4) is 0 Å². The third-order valence-electron chi connectivity index (χ3n) is 2.30. The Labute approximate surface area is 119 Å². The number of benzene rings is 1. The van der Waals surface area contributed by atoms with Crippen LogP contribution in [-0.2, 0) is 9.84 Å². The highest BCUT2D eigenvalue weighted by Gasteiger charge is 2.31. The molecule has 20 heavy (non-hydrogen) atoms. The normalized spacial score (nSPS) is 12.4. The molecule has 1 aromatic carbocycles. The van der Waals surface area contributed by atoms with Gasteiger partial charge in [0.25, 0.3) is 0 Å². The Morgan fingerprint density at radius 1 is 1.30 bits per heavy atom. The van der Waals surface area contributed by atoms with Gasteiger partial charge in [-0.15, -0.1) is 24.9 Å². The number of thioether (sulfide) groups is 1. The lowest BCUT2D eigenvalue weighted by Crippen LogP contribution is -2.18. The van der Waals surface area contributed by atoms with E-state index < -0.39 is 21.9 Å². The summed E-state index contributed by atoms with van der Waals surface area (Å²) in [5.41, 5.74) is 5.24. The fourth-order valence-corrected chi connectivity index (χ4v) is 3.36. The Morgan fingerprint density at radius 2 is 1.95 bits per heavy atom. The molecule has 9 heteroatoms. The van der Waals surface area contributed by atoms with Gasteiger partial charge in [0.15, 0.2) is 9.84 Å². The molecule has 0 radical (unpaired) electrons. The Bertz CT molecular complexity index is 559. The summed E-state index contributed by atoms with van der Waals surface area (Å²) in [4.78, 5) is 0.176. The molecule has 4 nitrogen and oxygen atoms in total. The standard InChI is InChI=1S/C11H14F3NO3S2/c1-19-9-5-8(18-11(12,13)14)6-10(7-9)20(16,17)4-2-3-15/h5-7H,2-4,15H2,1H3. The largest absolute Gasteiger partial charge is 0.573 e. The molecular formula is C11H14F3NO3S2. The van der Waals surface area contributed by atoms with Crippen LogP contribution in [0.2, 0.25) is 0 Å². The molecule has 0 fully saturated rings. The van der Waals surface area contributed by atoms with Crippen molar-refractivity contribution in [3.05, 3.63) is 18.2 Å². The summed E-state index contributed by atoms with van der Waals surface area (Å²) in [5, 5.41) is 0. The second-order valence-corrected chi connectivity index (χ2v) is 6.84. The third-order valence-corrected chi connectivity index (χ3v) is 4.79. The topological polar surface area (TPSA) is 69.4 Å². The maximum atomic E-state index is 12.2. The van der Waals surface area contributed by atoms with E-state index in [1.165, 1.54) is 6.07 Å². The van der Waals surface area contributed by atoms with Gasteiger partial charge in [-0.05, 0) is 37.4 Å². The predicted molar refractivity (Wildman–Crippen MR) is 70.6 cm³/mol. The lowest BCUT2D eigenvalue weighted by molar-refractivity contribution is -0.274. The van der Waals surface area contributed by atoms with E-state index in [1.807, 2.05) is 0 Å². The number of rotatable bonds is 6. The van der Waals surface area contributed by atoms with E-state index in [9.17, 15) is 21.6 Å². The molecule has 0 aliphatic heterocycles. The van der Waals surface area contributed by atoms with Crippen LogP contribution in [0, 0.1) is 0 Å². The minimum Gasteiger partial charge on any atom is -0.406 e. The SMILES string of the molecule is CSc1cc(OC(F)(F)F)cc(S(=O)(=O)CCCN)c1. The second kappa shape index (κ2) is 6.68. The van der Waals surface area contributed by atoms with Gasteiger partial charge >= 0.3 is 6.36 Å². The number of nitrogens with two attached hydrogens (primary N) is 1. The molecule has 0 aliphatic carbocycles. The van der Waals surface area contributed by atoms with Gasteiger partial charge in [-0.1, -0.05) is 0 Å². The average molecular weight is 329 g/mol. The summed E-state index contributed by atoms with van der Waals surface area (Å²) in [6.07, 6.45) is -3.00. The first-order valence-electron chi connectivity index (χ1n) is 5.55. The lowest BCUT2D eigenvalue weighted by Gasteiger charge is -2.12. The maximum Gasteiger partial charge on any atom is 0.573 e. The number of hydrogen-bond acceptors (Lipinski definition) is 5.